The lowest BCUT2D eigenvalue weighted by Gasteiger charge is -2.36. The Bertz CT molecular complexity index is 624. The fraction of sp³-hybridized carbons (Fsp3) is 0.588. The summed E-state index contributed by atoms with van der Waals surface area (Å²) >= 11 is 6.21. The summed E-state index contributed by atoms with van der Waals surface area (Å²) in [6.45, 7) is 3.30. The topological polar surface area (TPSA) is 66.7 Å². The van der Waals surface area contributed by atoms with Crippen LogP contribution in [0.15, 0.2) is 18.2 Å². The lowest BCUT2D eigenvalue weighted by Crippen LogP contribution is -2.44. The molecule has 1 aromatic carbocycles. The number of likely N-dealkylation sites (tertiary alicyclic amines) is 1. The summed E-state index contributed by atoms with van der Waals surface area (Å²) in [6.07, 6.45) is 5.07. The SMILES string of the molecule is O=C(C1CCN(c2ccc([N+](=O)[O-])cc2Cl)CC1)N1CCCCC1. The number of nitro benzene ring substituents is 1. The summed E-state index contributed by atoms with van der Waals surface area (Å²) in [5, 5.41) is 11.2. The Kier molecular flexibility index (Phi) is 5.23. The maximum absolute atomic E-state index is 12.6. The van der Waals surface area contributed by atoms with Gasteiger partial charge in [-0.1, -0.05) is 11.6 Å². The van der Waals surface area contributed by atoms with Gasteiger partial charge in [0.2, 0.25) is 5.91 Å². The number of anilines is 1. The van der Waals surface area contributed by atoms with E-state index in [1.165, 1.54) is 18.6 Å². The predicted molar refractivity (Wildman–Crippen MR) is 93.5 cm³/mol. The van der Waals surface area contributed by atoms with Gasteiger partial charge in [0.1, 0.15) is 0 Å². The number of hydrogen-bond acceptors (Lipinski definition) is 4. The van der Waals surface area contributed by atoms with Gasteiger partial charge in [-0.3, -0.25) is 14.9 Å². The molecule has 0 atom stereocenters. The maximum atomic E-state index is 12.6. The molecule has 0 unspecified atom stereocenters. The standard InChI is InChI=1S/C17H22ClN3O3/c18-15-12-14(21(23)24)4-5-16(15)19-10-6-13(7-11-19)17(22)20-8-2-1-3-9-20/h4-5,12-13H,1-3,6-11H2. The van der Waals surface area contributed by atoms with Crippen molar-refractivity contribution < 1.29 is 9.72 Å². The number of rotatable bonds is 3. The van der Waals surface area contributed by atoms with E-state index in [1.54, 1.807) is 6.07 Å². The number of halogens is 1. The molecule has 1 aromatic rings. The van der Waals surface area contributed by atoms with E-state index in [9.17, 15) is 14.9 Å². The van der Waals surface area contributed by atoms with Gasteiger partial charge in [-0.2, -0.15) is 0 Å². The Labute approximate surface area is 146 Å². The van der Waals surface area contributed by atoms with Crippen molar-refractivity contribution in [1.29, 1.82) is 0 Å². The minimum absolute atomic E-state index is 0.00101. The molecule has 0 aliphatic carbocycles. The van der Waals surface area contributed by atoms with Gasteiger partial charge in [-0.25, -0.2) is 0 Å². The van der Waals surface area contributed by atoms with Gasteiger partial charge < -0.3 is 9.80 Å². The molecule has 2 saturated heterocycles. The highest BCUT2D eigenvalue weighted by atomic mass is 35.5. The van der Waals surface area contributed by atoms with Crippen LogP contribution in [0.25, 0.3) is 0 Å². The molecule has 2 aliphatic heterocycles. The van der Waals surface area contributed by atoms with Crippen LogP contribution in [0.3, 0.4) is 0 Å². The van der Waals surface area contributed by atoms with Gasteiger partial charge in [0.15, 0.2) is 0 Å². The summed E-state index contributed by atoms with van der Waals surface area (Å²) < 4.78 is 0. The molecule has 2 heterocycles. The van der Waals surface area contributed by atoms with E-state index >= 15 is 0 Å². The molecule has 3 rings (SSSR count). The first-order chi connectivity index (χ1) is 11.6. The summed E-state index contributed by atoms with van der Waals surface area (Å²) in [7, 11) is 0. The lowest BCUT2D eigenvalue weighted by atomic mass is 9.94. The normalized spacial score (nSPS) is 19.4. The zero-order valence-corrected chi connectivity index (χ0v) is 14.4. The predicted octanol–water partition coefficient (Wildman–Crippen LogP) is 3.48. The Balaban J connectivity index is 1.60. The molecule has 0 bridgehead atoms. The summed E-state index contributed by atoms with van der Waals surface area (Å²) in [4.78, 5) is 27.1. The Morgan fingerprint density at radius 2 is 1.79 bits per heavy atom. The van der Waals surface area contributed by atoms with Crippen LogP contribution >= 0.6 is 11.6 Å². The number of piperidine rings is 2. The van der Waals surface area contributed by atoms with Crippen LogP contribution in [0.5, 0.6) is 0 Å². The molecule has 0 spiro atoms. The number of non-ortho nitro benzene ring substituents is 1. The Morgan fingerprint density at radius 3 is 2.38 bits per heavy atom. The second-order valence-corrected chi connectivity index (χ2v) is 6.95. The average Bonchev–Trinajstić information content (AvgIpc) is 2.62. The highest BCUT2D eigenvalue weighted by Gasteiger charge is 2.30. The molecule has 2 fully saturated rings. The summed E-state index contributed by atoms with van der Waals surface area (Å²) in [5.41, 5.74) is 0.810. The van der Waals surface area contributed by atoms with Gasteiger partial charge in [-0.15, -0.1) is 0 Å². The number of carbonyl (C=O) groups excluding carboxylic acids is 1. The number of carbonyl (C=O) groups is 1. The van der Waals surface area contributed by atoms with E-state index in [0.717, 1.165) is 57.5 Å². The molecule has 2 aliphatic rings. The molecule has 7 heteroatoms. The van der Waals surface area contributed by atoms with Crippen molar-refractivity contribution in [2.75, 3.05) is 31.1 Å². The van der Waals surface area contributed by atoms with E-state index in [1.807, 2.05) is 4.90 Å². The van der Waals surface area contributed by atoms with Crippen molar-refractivity contribution in [2.24, 2.45) is 5.92 Å². The highest BCUT2D eigenvalue weighted by Crippen LogP contribution is 2.33. The van der Waals surface area contributed by atoms with Crippen molar-refractivity contribution >= 4 is 28.9 Å². The van der Waals surface area contributed by atoms with Crippen LogP contribution < -0.4 is 4.90 Å². The molecule has 130 valence electrons. The Morgan fingerprint density at radius 1 is 1.12 bits per heavy atom. The van der Waals surface area contributed by atoms with E-state index < -0.39 is 4.92 Å². The van der Waals surface area contributed by atoms with Crippen molar-refractivity contribution in [3.63, 3.8) is 0 Å². The second kappa shape index (κ2) is 7.38. The fourth-order valence-corrected chi connectivity index (χ4v) is 3.90. The van der Waals surface area contributed by atoms with Gasteiger partial charge in [0.25, 0.3) is 5.69 Å². The first-order valence-electron chi connectivity index (χ1n) is 8.54. The van der Waals surface area contributed by atoms with E-state index in [0.29, 0.717) is 10.9 Å². The number of benzene rings is 1. The van der Waals surface area contributed by atoms with Gasteiger partial charge in [0.05, 0.1) is 15.6 Å². The van der Waals surface area contributed by atoms with Gasteiger partial charge >= 0.3 is 0 Å². The first-order valence-corrected chi connectivity index (χ1v) is 8.92. The summed E-state index contributed by atoms with van der Waals surface area (Å²) in [5.74, 6) is 0.389. The molecular formula is C17H22ClN3O3. The number of nitro groups is 1. The second-order valence-electron chi connectivity index (χ2n) is 6.54. The third-order valence-corrected chi connectivity index (χ3v) is 5.30. The van der Waals surface area contributed by atoms with Crippen LogP contribution in [-0.4, -0.2) is 41.9 Å². The first kappa shape index (κ1) is 17.0. The van der Waals surface area contributed by atoms with E-state index in [2.05, 4.69) is 4.90 Å². The number of hydrogen-bond donors (Lipinski definition) is 0. The lowest BCUT2D eigenvalue weighted by molar-refractivity contribution is -0.384. The van der Waals surface area contributed by atoms with Crippen LogP contribution in [-0.2, 0) is 4.79 Å². The van der Waals surface area contributed by atoms with Crippen molar-refractivity contribution in [3.05, 3.63) is 33.3 Å². The monoisotopic (exact) mass is 351 g/mol. The third-order valence-electron chi connectivity index (χ3n) is 4.99. The molecular weight excluding hydrogens is 330 g/mol. The van der Waals surface area contributed by atoms with E-state index in [-0.39, 0.29) is 11.6 Å². The third kappa shape index (κ3) is 3.64. The smallest absolute Gasteiger partial charge is 0.271 e. The molecule has 24 heavy (non-hydrogen) atoms. The van der Waals surface area contributed by atoms with E-state index in [4.69, 9.17) is 11.6 Å². The summed E-state index contributed by atoms with van der Waals surface area (Å²) in [6, 6.07) is 4.57. The maximum Gasteiger partial charge on any atom is 0.271 e. The van der Waals surface area contributed by atoms with Gasteiger partial charge in [0, 0.05) is 44.2 Å². The van der Waals surface area contributed by atoms with Crippen LogP contribution in [0.4, 0.5) is 11.4 Å². The average molecular weight is 352 g/mol. The highest BCUT2D eigenvalue weighted by molar-refractivity contribution is 6.33. The Hall–Kier alpha value is -1.82. The zero-order chi connectivity index (χ0) is 17.1. The van der Waals surface area contributed by atoms with Crippen molar-refractivity contribution in [2.45, 2.75) is 32.1 Å². The molecule has 0 N–H and O–H groups in total. The van der Waals surface area contributed by atoms with Crippen molar-refractivity contribution in [1.82, 2.24) is 4.90 Å². The minimum atomic E-state index is -0.445. The fourth-order valence-electron chi connectivity index (χ4n) is 3.61. The number of amides is 1. The molecule has 1 amide bonds. The molecule has 0 radical (unpaired) electrons. The van der Waals surface area contributed by atoms with Crippen LogP contribution in [0.1, 0.15) is 32.1 Å². The zero-order valence-electron chi connectivity index (χ0n) is 13.6. The van der Waals surface area contributed by atoms with Crippen LogP contribution in [0, 0.1) is 16.0 Å². The van der Waals surface area contributed by atoms with Gasteiger partial charge in [-0.05, 0) is 38.2 Å². The largest absolute Gasteiger partial charge is 0.370 e. The molecule has 0 aromatic heterocycles. The molecule has 6 nitrogen and oxygen atoms in total. The quantitative estimate of drug-likeness (QED) is 0.617. The minimum Gasteiger partial charge on any atom is -0.370 e. The number of nitrogens with zero attached hydrogens (tertiary/aromatic N) is 3. The van der Waals surface area contributed by atoms with Crippen molar-refractivity contribution in [3.8, 4) is 0 Å². The molecule has 0 saturated carbocycles. The van der Waals surface area contributed by atoms with Crippen LogP contribution in [0.2, 0.25) is 5.02 Å².